The number of carbonyl (C=O) groups excluding carboxylic acids is 2. The van der Waals surface area contributed by atoms with Gasteiger partial charge >= 0.3 is 0 Å². The summed E-state index contributed by atoms with van der Waals surface area (Å²) in [5.41, 5.74) is 2.63. The van der Waals surface area contributed by atoms with Crippen LogP contribution in [0.15, 0.2) is 108 Å². The Kier molecular flexibility index (Phi) is 11.0. The zero-order valence-corrected chi connectivity index (χ0v) is 27.9. The number of hydrogen-bond acceptors (Lipinski definition) is 4. The monoisotopic (exact) mass is 677 g/mol. The molecular formula is C36H37Cl2N3O4S. The van der Waals surface area contributed by atoms with Gasteiger partial charge in [0.15, 0.2) is 0 Å². The lowest BCUT2D eigenvalue weighted by atomic mass is 10.0. The maximum atomic E-state index is 14.6. The van der Waals surface area contributed by atoms with Crippen molar-refractivity contribution in [3.63, 3.8) is 0 Å². The maximum Gasteiger partial charge on any atom is 0.264 e. The summed E-state index contributed by atoms with van der Waals surface area (Å²) in [7, 11) is -4.22. The molecule has 1 aliphatic carbocycles. The molecule has 1 fully saturated rings. The van der Waals surface area contributed by atoms with Crippen LogP contribution in [0.5, 0.6) is 0 Å². The van der Waals surface area contributed by atoms with Crippen molar-refractivity contribution in [3.8, 4) is 0 Å². The van der Waals surface area contributed by atoms with Gasteiger partial charge in [-0.2, -0.15) is 0 Å². The molecule has 1 N–H and O–H groups in total. The number of carbonyl (C=O) groups is 2. The highest BCUT2D eigenvalue weighted by atomic mass is 35.5. The Labute approximate surface area is 281 Å². The number of para-hydroxylation sites is 1. The van der Waals surface area contributed by atoms with E-state index < -0.39 is 28.5 Å². The molecular weight excluding hydrogens is 641 g/mol. The quantitative estimate of drug-likeness (QED) is 0.172. The summed E-state index contributed by atoms with van der Waals surface area (Å²) < 4.78 is 29.5. The number of sulfonamides is 1. The molecule has 46 heavy (non-hydrogen) atoms. The van der Waals surface area contributed by atoms with Crippen molar-refractivity contribution < 1.29 is 18.0 Å². The van der Waals surface area contributed by atoms with Gasteiger partial charge in [-0.1, -0.05) is 96.7 Å². The van der Waals surface area contributed by atoms with Gasteiger partial charge in [0.2, 0.25) is 11.8 Å². The zero-order chi connectivity index (χ0) is 32.7. The summed E-state index contributed by atoms with van der Waals surface area (Å²) in [6.07, 6.45) is 4.08. The number of aryl methyl sites for hydroxylation is 1. The predicted octanol–water partition coefficient (Wildman–Crippen LogP) is 7.20. The van der Waals surface area contributed by atoms with Gasteiger partial charge in [-0.3, -0.25) is 13.9 Å². The van der Waals surface area contributed by atoms with Crippen LogP contribution < -0.4 is 9.62 Å². The molecule has 7 nitrogen and oxygen atoms in total. The van der Waals surface area contributed by atoms with Gasteiger partial charge in [0.25, 0.3) is 10.0 Å². The van der Waals surface area contributed by atoms with E-state index in [0.29, 0.717) is 21.3 Å². The first-order chi connectivity index (χ1) is 22.1. The van der Waals surface area contributed by atoms with Crippen LogP contribution >= 0.6 is 23.2 Å². The van der Waals surface area contributed by atoms with Crippen molar-refractivity contribution in [3.05, 3.63) is 130 Å². The van der Waals surface area contributed by atoms with E-state index in [4.69, 9.17) is 23.2 Å². The Morgan fingerprint density at radius 1 is 0.826 bits per heavy atom. The standard InChI is InChI=1S/C36H37Cl2N3O4S/c1-26-10-5-8-17-33(26)41(46(44,45)32-20-18-29(37)19-21-32)25-35(42)40(24-28-13-9-14-30(38)22-28)34(23-27-11-3-2-4-12-27)36(43)39-31-15-6-7-16-31/h2-5,8-14,17-22,31,34H,6-7,15-16,23-25H2,1H3,(H,39,43)/t34-/m1/s1. The van der Waals surface area contributed by atoms with Crippen LogP contribution in [0.4, 0.5) is 5.69 Å². The summed E-state index contributed by atoms with van der Waals surface area (Å²) in [4.78, 5) is 30.2. The number of halogens is 2. The average molecular weight is 679 g/mol. The second-order valence-corrected chi connectivity index (χ2v) is 14.3. The highest BCUT2D eigenvalue weighted by Crippen LogP contribution is 2.29. The molecule has 1 aliphatic rings. The van der Waals surface area contributed by atoms with Crippen LogP contribution in [-0.2, 0) is 32.6 Å². The van der Waals surface area contributed by atoms with Crippen LogP contribution in [0, 0.1) is 6.92 Å². The second kappa shape index (κ2) is 15.2. The molecule has 2 amide bonds. The predicted molar refractivity (Wildman–Crippen MR) is 183 cm³/mol. The number of rotatable bonds is 12. The van der Waals surface area contributed by atoms with Gasteiger partial charge in [-0.05, 0) is 78.9 Å². The Balaban J connectivity index is 1.57. The number of hydrogen-bond donors (Lipinski definition) is 1. The zero-order valence-electron chi connectivity index (χ0n) is 25.6. The lowest BCUT2D eigenvalue weighted by molar-refractivity contribution is -0.140. The first-order valence-corrected chi connectivity index (χ1v) is 17.5. The molecule has 4 aromatic rings. The number of nitrogens with zero attached hydrogens (tertiary/aromatic N) is 2. The summed E-state index contributed by atoms with van der Waals surface area (Å²) in [5, 5.41) is 4.07. The van der Waals surface area contributed by atoms with Gasteiger partial charge < -0.3 is 10.2 Å². The Morgan fingerprint density at radius 2 is 1.48 bits per heavy atom. The van der Waals surface area contributed by atoms with Gasteiger partial charge in [0.05, 0.1) is 10.6 Å². The Hall–Kier alpha value is -3.85. The molecule has 0 spiro atoms. The van der Waals surface area contributed by atoms with Gasteiger partial charge in [-0.15, -0.1) is 0 Å². The molecule has 240 valence electrons. The molecule has 0 saturated heterocycles. The Morgan fingerprint density at radius 3 is 2.15 bits per heavy atom. The SMILES string of the molecule is Cc1ccccc1N(CC(=O)N(Cc1cccc(Cl)c1)[C@H](Cc1ccccc1)C(=O)NC1CCCC1)S(=O)(=O)c1ccc(Cl)cc1. The van der Waals surface area contributed by atoms with Crippen LogP contribution in [-0.4, -0.2) is 43.8 Å². The molecule has 0 heterocycles. The minimum Gasteiger partial charge on any atom is -0.352 e. The fourth-order valence-corrected chi connectivity index (χ4v) is 7.66. The second-order valence-electron chi connectivity index (χ2n) is 11.6. The first kappa shape index (κ1) is 33.5. The highest BCUT2D eigenvalue weighted by Gasteiger charge is 2.36. The van der Waals surface area contributed by atoms with E-state index in [-0.39, 0.29) is 29.8 Å². The van der Waals surface area contributed by atoms with E-state index in [0.717, 1.165) is 41.1 Å². The van der Waals surface area contributed by atoms with Crippen LogP contribution in [0.1, 0.15) is 42.4 Å². The Bertz CT molecular complexity index is 1760. The summed E-state index contributed by atoms with van der Waals surface area (Å²) in [5.74, 6) is -0.794. The average Bonchev–Trinajstić information content (AvgIpc) is 3.55. The molecule has 0 unspecified atom stereocenters. The van der Waals surface area contributed by atoms with Crippen LogP contribution in [0.25, 0.3) is 0 Å². The summed E-state index contributed by atoms with van der Waals surface area (Å²) >= 11 is 12.4. The van der Waals surface area contributed by atoms with E-state index in [9.17, 15) is 18.0 Å². The molecule has 0 aliphatic heterocycles. The summed E-state index contributed by atoms with van der Waals surface area (Å²) in [6.45, 7) is 1.32. The van der Waals surface area contributed by atoms with Gasteiger partial charge in [0, 0.05) is 29.1 Å². The topological polar surface area (TPSA) is 86.8 Å². The minimum atomic E-state index is -4.22. The fraction of sp³-hybridized carbons (Fsp3) is 0.278. The molecule has 4 aromatic carbocycles. The van der Waals surface area contributed by atoms with E-state index >= 15 is 0 Å². The lowest BCUT2D eigenvalue weighted by Crippen LogP contribution is -2.54. The van der Waals surface area contributed by atoms with Crippen molar-refractivity contribution in [1.29, 1.82) is 0 Å². The largest absolute Gasteiger partial charge is 0.352 e. The smallest absolute Gasteiger partial charge is 0.264 e. The van der Waals surface area contributed by atoms with Crippen molar-refractivity contribution in [2.24, 2.45) is 0 Å². The van der Waals surface area contributed by atoms with E-state index in [2.05, 4.69) is 5.32 Å². The van der Waals surface area contributed by atoms with E-state index in [1.165, 1.54) is 29.2 Å². The molecule has 0 radical (unpaired) electrons. The fourth-order valence-electron chi connectivity index (χ4n) is 5.84. The molecule has 10 heteroatoms. The van der Waals surface area contributed by atoms with Crippen molar-refractivity contribution in [1.82, 2.24) is 10.2 Å². The molecule has 0 bridgehead atoms. The molecule has 5 rings (SSSR count). The molecule has 1 saturated carbocycles. The van der Waals surface area contributed by atoms with Gasteiger partial charge in [0.1, 0.15) is 12.6 Å². The van der Waals surface area contributed by atoms with Crippen molar-refractivity contribution in [2.45, 2.75) is 62.6 Å². The molecule has 1 atom stereocenters. The number of anilines is 1. The number of amides is 2. The van der Waals surface area contributed by atoms with Crippen LogP contribution in [0.3, 0.4) is 0 Å². The van der Waals surface area contributed by atoms with E-state index in [1.807, 2.05) is 42.5 Å². The summed E-state index contributed by atoms with van der Waals surface area (Å²) in [6, 6.07) is 28.6. The lowest BCUT2D eigenvalue weighted by Gasteiger charge is -2.34. The number of benzene rings is 4. The normalized spacial score (nSPS) is 14.1. The highest BCUT2D eigenvalue weighted by molar-refractivity contribution is 7.92. The van der Waals surface area contributed by atoms with Crippen molar-refractivity contribution in [2.75, 3.05) is 10.8 Å². The van der Waals surface area contributed by atoms with Crippen molar-refractivity contribution >= 4 is 50.7 Å². The third-order valence-electron chi connectivity index (χ3n) is 8.28. The minimum absolute atomic E-state index is 0.00541. The third kappa shape index (κ3) is 8.29. The van der Waals surface area contributed by atoms with E-state index in [1.54, 1.807) is 43.3 Å². The van der Waals surface area contributed by atoms with Crippen LogP contribution in [0.2, 0.25) is 10.0 Å². The number of nitrogens with one attached hydrogen (secondary N) is 1. The maximum absolute atomic E-state index is 14.6. The van der Waals surface area contributed by atoms with Gasteiger partial charge in [-0.25, -0.2) is 8.42 Å². The molecule has 0 aromatic heterocycles. The third-order valence-corrected chi connectivity index (χ3v) is 10.5. The first-order valence-electron chi connectivity index (χ1n) is 15.3.